The quantitative estimate of drug-likeness (QED) is 0.397. The number of rotatable bonds is 5. The van der Waals surface area contributed by atoms with Gasteiger partial charge >= 0.3 is 0 Å². The van der Waals surface area contributed by atoms with E-state index in [9.17, 15) is 4.79 Å². The molecule has 0 atom stereocenters. The van der Waals surface area contributed by atoms with Gasteiger partial charge in [0.15, 0.2) is 4.34 Å². The van der Waals surface area contributed by atoms with Gasteiger partial charge in [0.25, 0.3) is 5.91 Å². The average Bonchev–Trinajstić information content (AvgIpc) is 3.08. The summed E-state index contributed by atoms with van der Waals surface area (Å²) in [5, 5.41) is 5.06. The lowest BCUT2D eigenvalue weighted by Crippen LogP contribution is -2.12. The Bertz CT molecular complexity index is 1110. The smallest absolute Gasteiger partial charge is 0.256 e. The Morgan fingerprint density at radius 1 is 1.11 bits per heavy atom. The second-order valence-electron chi connectivity index (χ2n) is 6.85. The van der Waals surface area contributed by atoms with Crippen LogP contribution in [0.25, 0.3) is 21.0 Å². The van der Waals surface area contributed by atoms with Crippen molar-refractivity contribution in [3.63, 3.8) is 0 Å². The molecule has 0 unspecified atom stereocenters. The maximum Gasteiger partial charge on any atom is 0.256 e. The third-order valence-electron chi connectivity index (χ3n) is 4.20. The highest BCUT2D eigenvalue weighted by atomic mass is 32.2. The van der Waals surface area contributed by atoms with Crippen LogP contribution in [-0.4, -0.2) is 16.6 Å². The Hall–Kier alpha value is -2.37. The van der Waals surface area contributed by atoms with E-state index in [2.05, 4.69) is 24.1 Å². The Morgan fingerprint density at radius 2 is 1.93 bits per heavy atom. The van der Waals surface area contributed by atoms with Crippen molar-refractivity contribution >= 4 is 55.7 Å². The van der Waals surface area contributed by atoms with Crippen LogP contribution in [0.3, 0.4) is 0 Å². The summed E-state index contributed by atoms with van der Waals surface area (Å²) in [6.07, 6.45) is 0. The molecule has 0 aliphatic carbocycles. The zero-order chi connectivity index (χ0) is 18.8. The van der Waals surface area contributed by atoms with E-state index >= 15 is 0 Å². The fourth-order valence-corrected chi connectivity index (χ4v) is 4.99. The SMILES string of the molecule is CC(C)CSc1nc2ccc(NC(=O)c3cccc4ccccc34)cc2s1. The Kier molecular flexibility index (Phi) is 5.14. The minimum Gasteiger partial charge on any atom is -0.322 e. The molecule has 27 heavy (non-hydrogen) atoms. The molecule has 1 aromatic heterocycles. The summed E-state index contributed by atoms with van der Waals surface area (Å²) in [7, 11) is 0. The number of thioether (sulfide) groups is 1. The Balaban J connectivity index is 1.58. The van der Waals surface area contributed by atoms with Crippen molar-refractivity contribution in [3.8, 4) is 0 Å². The molecule has 3 nitrogen and oxygen atoms in total. The minimum atomic E-state index is -0.0925. The van der Waals surface area contributed by atoms with Gasteiger partial charge < -0.3 is 5.32 Å². The molecule has 4 rings (SSSR count). The van der Waals surface area contributed by atoms with Gasteiger partial charge in [0, 0.05) is 17.0 Å². The van der Waals surface area contributed by atoms with Crippen LogP contribution in [0.5, 0.6) is 0 Å². The van der Waals surface area contributed by atoms with E-state index in [1.807, 2.05) is 60.7 Å². The fourth-order valence-electron chi connectivity index (χ4n) is 2.90. The number of anilines is 1. The molecular weight excluding hydrogens is 372 g/mol. The van der Waals surface area contributed by atoms with Crippen LogP contribution in [0, 0.1) is 5.92 Å². The van der Waals surface area contributed by atoms with Crippen molar-refractivity contribution in [2.24, 2.45) is 5.92 Å². The number of nitrogens with zero attached hydrogens (tertiary/aromatic N) is 1. The monoisotopic (exact) mass is 392 g/mol. The third kappa shape index (κ3) is 3.99. The minimum absolute atomic E-state index is 0.0925. The standard InChI is InChI=1S/C22H20N2OS2/c1-14(2)13-26-22-24-19-11-10-16(12-20(19)27-22)23-21(25)18-9-5-7-15-6-3-4-8-17(15)18/h3-12,14H,13H2,1-2H3,(H,23,25). The Labute approximate surface area is 166 Å². The largest absolute Gasteiger partial charge is 0.322 e. The normalized spacial score (nSPS) is 11.4. The number of benzene rings is 3. The molecule has 0 saturated carbocycles. The number of aromatic nitrogens is 1. The summed E-state index contributed by atoms with van der Waals surface area (Å²) in [6.45, 7) is 4.42. The van der Waals surface area contributed by atoms with Crippen molar-refractivity contribution in [2.75, 3.05) is 11.1 Å². The van der Waals surface area contributed by atoms with Gasteiger partial charge in [0.2, 0.25) is 0 Å². The summed E-state index contributed by atoms with van der Waals surface area (Å²) < 4.78 is 2.17. The van der Waals surface area contributed by atoms with Gasteiger partial charge in [0.1, 0.15) is 0 Å². The number of carbonyl (C=O) groups is 1. The molecule has 4 aromatic rings. The van der Waals surface area contributed by atoms with Crippen LogP contribution < -0.4 is 5.32 Å². The average molecular weight is 393 g/mol. The third-order valence-corrected chi connectivity index (χ3v) is 6.79. The highest BCUT2D eigenvalue weighted by Crippen LogP contribution is 2.32. The molecule has 136 valence electrons. The van der Waals surface area contributed by atoms with Crippen LogP contribution in [0.1, 0.15) is 24.2 Å². The first kappa shape index (κ1) is 18.0. The zero-order valence-corrected chi connectivity index (χ0v) is 16.9. The molecule has 0 radical (unpaired) electrons. The molecule has 0 spiro atoms. The van der Waals surface area contributed by atoms with Gasteiger partial charge in [-0.25, -0.2) is 4.98 Å². The van der Waals surface area contributed by atoms with Crippen molar-refractivity contribution in [2.45, 2.75) is 18.2 Å². The number of carbonyl (C=O) groups excluding carboxylic acids is 1. The topological polar surface area (TPSA) is 42.0 Å². The van der Waals surface area contributed by atoms with Crippen molar-refractivity contribution < 1.29 is 4.79 Å². The van der Waals surface area contributed by atoms with Gasteiger partial charge in [-0.1, -0.05) is 62.0 Å². The summed E-state index contributed by atoms with van der Waals surface area (Å²) in [5.74, 6) is 1.60. The molecule has 1 N–H and O–H groups in total. The first-order valence-corrected chi connectivity index (χ1v) is 10.7. The maximum absolute atomic E-state index is 12.8. The van der Waals surface area contributed by atoms with Gasteiger partial charge in [-0.15, -0.1) is 11.3 Å². The highest BCUT2D eigenvalue weighted by molar-refractivity contribution is 8.01. The van der Waals surface area contributed by atoms with E-state index in [0.717, 1.165) is 36.8 Å². The van der Waals surface area contributed by atoms with Crippen LogP contribution in [-0.2, 0) is 0 Å². The van der Waals surface area contributed by atoms with Crippen LogP contribution >= 0.6 is 23.1 Å². The lowest BCUT2D eigenvalue weighted by atomic mass is 10.0. The summed E-state index contributed by atoms with van der Waals surface area (Å²) in [4.78, 5) is 17.5. The summed E-state index contributed by atoms with van der Waals surface area (Å²) in [6, 6.07) is 19.6. The lowest BCUT2D eigenvalue weighted by molar-refractivity contribution is 0.102. The van der Waals surface area contributed by atoms with Crippen molar-refractivity contribution in [1.29, 1.82) is 0 Å². The van der Waals surface area contributed by atoms with Crippen molar-refractivity contribution in [3.05, 3.63) is 66.2 Å². The number of fused-ring (bicyclic) bond motifs is 2. The van der Waals surface area contributed by atoms with E-state index in [-0.39, 0.29) is 5.91 Å². The fraction of sp³-hybridized carbons (Fsp3) is 0.182. The molecule has 5 heteroatoms. The molecule has 0 aliphatic heterocycles. The first-order valence-electron chi connectivity index (χ1n) is 8.92. The molecular formula is C22H20N2OS2. The first-order chi connectivity index (χ1) is 13.1. The van der Waals surface area contributed by atoms with E-state index < -0.39 is 0 Å². The molecule has 0 fully saturated rings. The lowest BCUT2D eigenvalue weighted by Gasteiger charge is -2.08. The highest BCUT2D eigenvalue weighted by Gasteiger charge is 2.11. The number of amides is 1. The number of thiazole rings is 1. The summed E-state index contributed by atoms with van der Waals surface area (Å²) >= 11 is 3.47. The number of nitrogens with one attached hydrogen (secondary N) is 1. The van der Waals surface area contributed by atoms with E-state index in [4.69, 9.17) is 0 Å². The van der Waals surface area contributed by atoms with Gasteiger partial charge in [0.05, 0.1) is 10.2 Å². The van der Waals surface area contributed by atoms with E-state index in [0.29, 0.717) is 11.5 Å². The van der Waals surface area contributed by atoms with Crippen LogP contribution in [0.2, 0.25) is 0 Å². The molecule has 0 aliphatic rings. The van der Waals surface area contributed by atoms with Crippen molar-refractivity contribution in [1.82, 2.24) is 4.98 Å². The van der Waals surface area contributed by atoms with E-state index in [1.165, 1.54) is 0 Å². The molecule has 0 bridgehead atoms. The predicted molar refractivity (Wildman–Crippen MR) is 117 cm³/mol. The maximum atomic E-state index is 12.8. The predicted octanol–water partition coefficient (Wildman–Crippen LogP) is 6.45. The van der Waals surface area contributed by atoms with Crippen LogP contribution in [0.15, 0.2) is 65.0 Å². The molecule has 1 heterocycles. The molecule has 1 amide bonds. The molecule has 3 aromatic carbocycles. The van der Waals surface area contributed by atoms with E-state index in [1.54, 1.807) is 23.1 Å². The second kappa shape index (κ2) is 7.71. The summed E-state index contributed by atoms with van der Waals surface area (Å²) in [5.41, 5.74) is 2.46. The van der Waals surface area contributed by atoms with Gasteiger partial charge in [-0.3, -0.25) is 4.79 Å². The number of hydrogen-bond acceptors (Lipinski definition) is 4. The molecule has 0 saturated heterocycles. The second-order valence-corrected chi connectivity index (χ2v) is 9.15. The number of hydrogen-bond donors (Lipinski definition) is 1. The zero-order valence-electron chi connectivity index (χ0n) is 15.2. The van der Waals surface area contributed by atoms with Crippen LogP contribution in [0.4, 0.5) is 5.69 Å². The van der Waals surface area contributed by atoms with Gasteiger partial charge in [-0.05, 0) is 41.0 Å². The van der Waals surface area contributed by atoms with Gasteiger partial charge in [-0.2, -0.15) is 0 Å². The Morgan fingerprint density at radius 3 is 2.78 bits per heavy atom.